The standard InChI is InChI=1S/C52H32N2S/c1-2-13-33(14-3-1)37-16-6-9-21-45(37)53-46-22-10-7-18-39(46)43-31-35(26-29-47(43)53)36-27-30-48-44(32-36)41-28-25-34-15-4-5-17-38(34)51(41)54(48)49-23-12-20-42-40-19-8-11-24-50(40)55-52(42)49/h1-32H. The molecule has 0 saturated heterocycles. The van der Waals surface area contributed by atoms with Gasteiger partial charge in [0.25, 0.3) is 0 Å². The summed E-state index contributed by atoms with van der Waals surface area (Å²) in [7, 11) is 0. The second-order valence-electron chi connectivity index (χ2n) is 14.5. The fourth-order valence-electron chi connectivity index (χ4n) is 9.06. The second-order valence-corrected chi connectivity index (χ2v) is 15.5. The van der Waals surface area contributed by atoms with Gasteiger partial charge in [-0.2, -0.15) is 0 Å². The molecule has 0 aliphatic heterocycles. The maximum Gasteiger partial charge on any atom is 0.0641 e. The average Bonchev–Trinajstić information content (AvgIpc) is 3.91. The van der Waals surface area contributed by atoms with Gasteiger partial charge in [0, 0.05) is 48.0 Å². The highest BCUT2D eigenvalue weighted by molar-refractivity contribution is 7.26. The summed E-state index contributed by atoms with van der Waals surface area (Å²) in [5.41, 5.74) is 12.1. The number of nitrogens with zero attached hydrogens (tertiary/aromatic N) is 2. The third-order valence-corrected chi connectivity index (χ3v) is 12.7. The van der Waals surface area contributed by atoms with Crippen molar-refractivity contribution in [2.24, 2.45) is 0 Å². The normalized spacial score (nSPS) is 12.0. The molecular weight excluding hydrogens is 685 g/mol. The summed E-state index contributed by atoms with van der Waals surface area (Å²) in [6, 6.07) is 71.4. The molecule has 0 bridgehead atoms. The zero-order valence-electron chi connectivity index (χ0n) is 29.8. The lowest BCUT2D eigenvalue weighted by atomic mass is 10.00. The van der Waals surface area contributed by atoms with Crippen molar-refractivity contribution in [3.63, 3.8) is 0 Å². The van der Waals surface area contributed by atoms with E-state index in [1.54, 1.807) is 0 Å². The molecule has 55 heavy (non-hydrogen) atoms. The summed E-state index contributed by atoms with van der Waals surface area (Å²) in [5.74, 6) is 0. The van der Waals surface area contributed by atoms with Crippen LogP contribution in [0, 0.1) is 0 Å². The monoisotopic (exact) mass is 716 g/mol. The third-order valence-electron chi connectivity index (χ3n) is 11.5. The Balaban J connectivity index is 1.10. The van der Waals surface area contributed by atoms with E-state index in [9.17, 15) is 0 Å². The zero-order chi connectivity index (χ0) is 36.0. The van der Waals surface area contributed by atoms with Crippen LogP contribution in [-0.4, -0.2) is 9.13 Å². The number of fused-ring (bicyclic) bond motifs is 11. The molecule has 9 aromatic carbocycles. The molecule has 0 saturated carbocycles. The lowest BCUT2D eigenvalue weighted by molar-refractivity contribution is 1.18. The van der Waals surface area contributed by atoms with Gasteiger partial charge < -0.3 is 9.13 Å². The van der Waals surface area contributed by atoms with Crippen molar-refractivity contribution in [3.8, 4) is 33.6 Å². The third kappa shape index (κ3) is 4.48. The largest absolute Gasteiger partial charge is 0.309 e. The number of hydrogen-bond acceptors (Lipinski definition) is 1. The molecule has 12 rings (SSSR count). The van der Waals surface area contributed by atoms with E-state index in [4.69, 9.17) is 0 Å². The fourth-order valence-corrected chi connectivity index (χ4v) is 10.3. The molecule has 0 spiro atoms. The van der Waals surface area contributed by atoms with Crippen molar-refractivity contribution in [3.05, 3.63) is 194 Å². The van der Waals surface area contributed by atoms with Crippen LogP contribution >= 0.6 is 11.3 Å². The number of hydrogen-bond donors (Lipinski definition) is 0. The molecule has 2 nitrogen and oxygen atoms in total. The Morgan fingerprint density at radius 3 is 1.80 bits per heavy atom. The Morgan fingerprint density at radius 2 is 0.945 bits per heavy atom. The number of rotatable bonds is 4. The van der Waals surface area contributed by atoms with Crippen molar-refractivity contribution in [1.29, 1.82) is 0 Å². The molecule has 0 radical (unpaired) electrons. The number of aromatic nitrogens is 2. The van der Waals surface area contributed by atoms with Crippen LogP contribution < -0.4 is 0 Å². The molecule has 0 aliphatic rings. The average molecular weight is 717 g/mol. The minimum Gasteiger partial charge on any atom is -0.309 e. The highest BCUT2D eigenvalue weighted by atomic mass is 32.1. The van der Waals surface area contributed by atoms with E-state index in [1.165, 1.54) is 108 Å². The number of benzene rings is 9. The molecule has 0 atom stereocenters. The van der Waals surface area contributed by atoms with E-state index in [2.05, 4.69) is 203 Å². The van der Waals surface area contributed by atoms with Crippen LogP contribution in [0.25, 0.3) is 108 Å². The lowest BCUT2D eigenvalue weighted by Crippen LogP contribution is -1.97. The lowest BCUT2D eigenvalue weighted by Gasteiger charge is -2.14. The van der Waals surface area contributed by atoms with Crippen LogP contribution in [0.5, 0.6) is 0 Å². The first-order chi connectivity index (χ1) is 27.3. The molecule has 3 heteroatoms. The molecule has 0 aliphatic carbocycles. The molecule has 0 amide bonds. The van der Waals surface area contributed by atoms with E-state index in [0.717, 1.165) is 0 Å². The van der Waals surface area contributed by atoms with Crippen molar-refractivity contribution >= 4 is 85.9 Å². The number of para-hydroxylation sites is 2. The topological polar surface area (TPSA) is 9.86 Å². The Kier molecular flexibility index (Phi) is 6.54. The van der Waals surface area contributed by atoms with Gasteiger partial charge in [0.05, 0.1) is 38.1 Å². The Labute approximate surface area is 321 Å². The first kappa shape index (κ1) is 30.5. The summed E-state index contributed by atoms with van der Waals surface area (Å²) in [5, 5.41) is 10.2. The van der Waals surface area contributed by atoms with Crippen LogP contribution in [0.2, 0.25) is 0 Å². The molecule has 3 aromatic heterocycles. The van der Waals surface area contributed by atoms with E-state index < -0.39 is 0 Å². The molecule has 0 unspecified atom stereocenters. The summed E-state index contributed by atoms with van der Waals surface area (Å²) in [6.45, 7) is 0. The quantitative estimate of drug-likeness (QED) is 0.172. The van der Waals surface area contributed by atoms with Crippen LogP contribution in [0.1, 0.15) is 0 Å². The van der Waals surface area contributed by atoms with Crippen LogP contribution in [0.15, 0.2) is 194 Å². The van der Waals surface area contributed by atoms with Gasteiger partial charge in [0.1, 0.15) is 0 Å². The van der Waals surface area contributed by atoms with Gasteiger partial charge in [-0.05, 0) is 70.6 Å². The predicted octanol–water partition coefficient (Wildman–Crippen LogP) is 14.7. The first-order valence-corrected chi connectivity index (χ1v) is 19.7. The van der Waals surface area contributed by atoms with E-state index in [0.29, 0.717) is 0 Å². The summed E-state index contributed by atoms with van der Waals surface area (Å²) in [4.78, 5) is 0. The fraction of sp³-hybridized carbons (Fsp3) is 0. The van der Waals surface area contributed by atoms with Crippen molar-refractivity contribution in [1.82, 2.24) is 9.13 Å². The van der Waals surface area contributed by atoms with Gasteiger partial charge in [-0.15, -0.1) is 11.3 Å². The van der Waals surface area contributed by atoms with E-state index in [-0.39, 0.29) is 0 Å². The predicted molar refractivity (Wildman–Crippen MR) is 236 cm³/mol. The minimum absolute atomic E-state index is 1.18. The molecular formula is C52H32N2S. The molecule has 3 heterocycles. The van der Waals surface area contributed by atoms with Gasteiger partial charge in [-0.1, -0.05) is 146 Å². The van der Waals surface area contributed by atoms with Gasteiger partial charge in [0.15, 0.2) is 0 Å². The van der Waals surface area contributed by atoms with E-state index in [1.807, 2.05) is 11.3 Å². The summed E-state index contributed by atoms with van der Waals surface area (Å²) >= 11 is 1.89. The molecule has 0 N–H and O–H groups in total. The van der Waals surface area contributed by atoms with Crippen LogP contribution in [0.3, 0.4) is 0 Å². The number of thiophene rings is 1. The maximum absolute atomic E-state index is 2.52. The van der Waals surface area contributed by atoms with Crippen molar-refractivity contribution in [2.45, 2.75) is 0 Å². The van der Waals surface area contributed by atoms with Gasteiger partial charge in [-0.25, -0.2) is 0 Å². The highest BCUT2D eigenvalue weighted by Crippen LogP contribution is 2.44. The van der Waals surface area contributed by atoms with Crippen LogP contribution in [-0.2, 0) is 0 Å². The highest BCUT2D eigenvalue weighted by Gasteiger charge is 2.20. The Bertz CT molecular complexity index is 3490. The summed E-state index contributed by atoms with van der Waals surface area (Å²) < 4.78 is 7.59. The first-order valence-electron chi connectivity index (χ1n) is 18.9. The van der Waals surface area contributed by atoms with Gasteiger partial charge in [-0.3, -0.25) is 0 Å². The molecule has 256 valence electrons. The van der Waals surface area contributed by atoms with Crippen molar-refractivity contribution < 1.29 is 0 Å². The maximum atomic E-state index is 2.52. The Hall–Kier alpha value is -6.94. The molecule has 0 fully saturated rings. The van der Waals surface area contributed by atoms with Crippen LogP contribution in [0.4, 0.5) is 0 Å². The molecule has 12 aromatic rings. The zero-order valence-corrected chi connectivity index (χ0v) is 30.6. The SMILES string of the molecule is c1ccc(-c2ccccc2-n2c3ccccc3c3cc(-c4ccc5c(c4)c4ccc6ccccc6c4n5-c4cccc5c4sc4ccccc45)ccc32)cc1. The summed E-state index contributed by atoms with van der Waals surface area (Å²) in [6.07, 6.45) is 0. The van der Waals surface area contributed by atoms with Gasteiger partial charge in [0.2, 0.25) is 0 Å². The second kappa shape index (κ2) is 11.8. The van der Waals surface area contributed by atoms with Crippen molar-refractivity contribution in [2.75, 3.05) is 0 Å². The smallest absolute Gasteiger partial charge is 0.0641 e. The van der Waals surface area contributed by atoms with E-state index >= 15 is 0 Å². The minimum atomic E-state index is 1.18. The van der Waals surface area contributed by atoms with Gasteiger partial charge >= 0.3 is 0 Å². The Morgan fingerprint density at radius 1 is 0.327 bits per heavy atom.